The Hall–Kier alpha value is -1.10. The summed E-state index contributed by atoms with van der Waals surface area (Å²) in [7, 11) is 1.75. The van der Waals surface area contributed by atoms with E-state index in [1.807, 2.05) is 12.3 Å². The van der Waals surface area contributed by atoms with E-state index in [2.05, 4.69) is 4.98 Å². The highest BCUT2D eigenvalue weighted by atomic mass is 32.1. The molecular weight excluding hydrogens is 200 g/mol. The van der Waals surface area contributed by atoms with E-state index in [0.29, 0.717) is 0 Å². The molecule has 0 fully saturated rings. The van der Waals surface area contributed by atoms with E-state index in [4.69, 9.17) is 5.11 Å². The van der Waals surface area contributed by atoms with Crippen LogP contribution in [0.15, 0.2) is 5.38 Å². The number of rotatable bonds is 4. The molecule has 0 bridgehead atoms. The average molecular weight is 214 g/mol. The van der Waals surface area contributed by atoms with Crippen molar-refractivity contribution in [3.8, 4) is 0 Å². The monoisotopic (exact) mass is 214 g/mol. The number of aryl methyl sites for hydroxylation is 1. The predicted molar refractivity (Wildman–Crippen MR) is 57.0 cm³/mol. The summed E-state index contributed by atoms with van der Waals surface area (Å²) < 4.78 is 0. The zero-order chi connectivity index (χ0) is 10.7. The van der Waals surface area contributed by atoms with Crippen molar-refractivity contribution in [1.82, 2.24) is 4.98 Å². The maximum atomic E-state index is 10.7. The van der Waals surface area contributed by atoms with E-state index >= 15 is 0 Å². The molecule has 1 aromatic rings. The van der Waals surface area contributed by atoms with Gasteiger partial charge in [-0.1, -0.05) is 6.92 Å². The van der Waals surface area contributed by atoms with Crippen LogP contribution >= 0.6 is 11.3 Å². The smallest absolute Gasteiger partial charge is 0.326 e. The van der Waals surface area contributed by atoms with Gasteiger partial charge in [0.2, 0.25) is 0 Å². The van der Waals surface area contributed by atoms with Crippen LogP contribution in [-0.2, 0) is 11.2 Å². The van der Waals surface area contributed by atoms with Crippen LogP contribution < -0.4 is 4.90 Å². The number of nitrogens with zero attached hydrogens (tertiary/aromatic N) is 2. The van der Waals surface area contributed by atoms with Gasteiger partial charge >= 0.3 is 5.97 Å². The predicted octanol–water partition coefficient (Wildman–Crippen LogP) is 1.61. The van der Waals surface area contributed by atoms with Gasteiger partial charge in [-0.3, -0.25) is 0 Å². The van der Waals surface area contributed by atoms with Crippen molar-refractivity contribution in [3.63, 3.8) is 0 Å². The number of anilines is 1. The first kappa shape index (κ1) is 11.0. The van der Waals surface area contributed by atoms with E-state index in [0.717, 1.165) is 17.2 Å². The van der Waals surface area contributed by atoms with Crippen LogP contribution in [0.4, 0.5) is 5.13 Å². The third-order valence-corrected chi connectivity index (χ3v) is 3.12. The maximum Gasteiger partial charge on any atom is 0.326 e. The van der Waals surface area contributed by atoms with Gasteiger partial charge in [0.1, 0.15) is 6.04 Å². The lowest BCUT2D eigenvalue weighted by atomic mass is 10.3. The first-order valence-corrected chi connectivity index (χ1v) is 5.34. The fraction of sp³-hybridized carbons (Fsp3) is 0.556. The molecule has 14 heavy (non-hydrogen) atoms. The molecular formula is C9H14N2O2S. The molecule has 0 saturated heterocycles. The molecule has 1 unspecified atom stereocenters. The lowest BCUT2D eigenvalue weighted by Gasteiger charge is -2.19. The van der Waals surface area contributed by atoms with Gasteiger partial charge in [-0.25, -0.2) is 9.78 Å². The molecule has 4 nitrogen and oxygen atoms in total. The quantitative estimate of drug-likeness (QED) is 0.827. The number of carboxylic acid groups (broad SMARTS) is 1. The molecule has 1 aromatic heterocycles. The Kier molecular flexibility index (Phi) is 3.46. The van der Waals surface area contributed by atoms with E-state index in [1.54, 1.807) is 18.9 Å². The average Bonchev–Trinajstić information content (AvgIpc) is 2.63. The Morgan fingerprint density at radius 3 is 2.86 bits per heavy atom. The zero-order valence-corrected chi connectivity index (χ0v) is 9.34. The molecule has 0 spiro atoms. The van der Waals surface area contributed by atoms with Crippen LogP contribution in [0.25, 0.3) is 0 Å². The second-order valence-electron chi connectivity index (χ2n) is 3.10. The number of aliphatic carboxylic acids is 1. The first-order valence-electron chi connectivity index (χ1n) is 4.46. The van der Waals surface area contributed by atoms with Crippen molar-refractivity contribution in [3.05, 3.63) is 11.1 Å². The van der Waals surface area contributed by atoms with Crippen LogP contribution in [-0.4, -0.2) is 29.1 Å². The Morgan fingerprint density at radius 1 is 1.79 bits per heavy atom. The third-order valence-electron chi connectivity index (χ3n) is 2.14. The Labute approximate surface area is 87.2 Å². The lowest BCUT2D eigenvalue weighted by Crippen LogP contribution is -2.35. The number of hydrogen-bond donors (Lipinski definition) is 1. The van der Waals surface area contributed by atoms with Crippen LogP contribution in [0.1, 0.15) is 19.5 Å². The van der Waals surface area contributed by atoms with Gasteiger partial charge in [-0.05, 0) is 13.3 Å². The highest BCUT2D eigenvalue weighted by Gasteiger charge is 2.19. The molecule has 0 aliphatic heterocycles. The number of hydrogen-bond acceptors (Lipinski definition) is 4. The fourth-order valence-corrected chi connectivity index (χ4v) is 1.91. The second-order valence-corrected chi connectivity index (χ2v) is 3.94. The third kappa shape index (κ3) is 2.23. The summed E-state index contributed by atoms with van der Waals surface area (Å²) in [4.78, 5) is 16.7. The van der Waals surface area contributed by atoms with Crippen LogP contribution in [0.2, 0.25) is 0 Å². The summed E-state index contributed by atoms with van der Waals surface area (Å²) in [5, 5.41) is 11.5. The van der Waals surface area contributed by atoms with E-state index in [-0.39, 0.29) is 0 Å². The normalized spacial score (nSPS) is 12.5. The van der Waals surface area contributed by atoms with Crippen molar-refractivity contribution >= 4 is 22.4 Å². The van der Waals surface area contributed by atoms with E-state index in [9.17, 15) is 4.79 Å². The van der Waals surface area contributed by atoms with Crippen LogP contribution in [0.3, 0.4) is 0 Å². The standard InChI is InChI=1S/C9H14N2O2S/c1-4-7-5-14-9(10-7)11(3)6(2)8(12)13/h5-6H,4H2,1-3H3,(H,12,13). The number of likely N-dealkylation sites (N-methyl/N-ethyl adjacent to an activating group) is 1. The highest BCUT2D eigenvalue weighted by Crippen LogP contribution is 2.21. The molecule has 0 radical (unpaired) electrons. The van der Waals surface area contributed by atoms with Gasteiger partial charge in [0.25, 0.3) is 0 Å². The molecule has 0 amide bonds. The molecule has 5 heteroatoms. The van der Waals surface area contributed by atoms with Gasteiger partial charge in [-0.15, -0.1) is 11.3 Å². The minimum absolute atomic E-state index is 0.536. The summed E-state index contributed by atoms with van der Waals surface area (Å²) in [6, 6.07) is -0.536. The molecule has 0 aliphatic carbocycles. The lowest BCUT2D eigenvalue weighted by molar-refractivity contribution is -0.138. The Bertz CT molecular complexity index is 324. The van der Waals surface area contributed by atoms with Gasteiger partial charge in [0.15, 0.2) is 5.13 Å². The van der Waals surface area contributed by atoms with Crippen molar-refractivity contribution in [2.45, 2.75) is 26.3 Å². The molecule has 1 rings (SSSR count). The Morgan fingerprint density at radius 2 is 2.43 bits per heavy atom. The molecule has 1 N–H and O–H groups in total. The van der Waals surface area contributed by atoms with E-state index in [1.165, 1.54) is 11.3 Å². The van der Waals surface area contributed by atoms with Crippen LogP contribution in [0.5, 0.6) is 0 Å². The van der Waals surface area contributed by atoms with Crippen molar-refractivity contribution < 1.29 is 9.90 Å². The number of carbonyl (C=O) groups is 1. The minimum atomic E-state index is -0.833. The first-order chi connectivity index (χ1) is 6.56. The molecule has 0 saturated carbocycles. The molecule has 78 valence electrons. The van der Waals surface area contributed by atoms with Crippen molar-refractivity contribution in [2.75, 3.05) is 11.9 Å². The number of aromatic nitrogens is 1. The van der Waals surface area contributed by atoms with Gasteiger partial charge in [0, 0.05) is 12.4 Å². The number of thiazole rings is 1. The van der Waals surface area contributed by atoms with Gasteiger partial charge in [-0.2, -0.15) is 0 Å². The topological polar surface area (TPSA) is 53.4 Å². The zero-order valence-electron chi connectivity index (χ0n) is 8.52. The summed E-state index contributed by atoms with van der Waals surface area (Å²) in [5.41, 5.74) is 1.01. The Balaban J connectivity index is 2.78. The van der Waals surface area contributed by atoms with E-state index < -0.39 is 12.0 Å². The molecule has 1 heterocycles. The summed E-state index contributed by atoms with van der Waals surface area (Å²) >= 11 is 1.48. The minimum Gasteiger partial charge on any atom is -0.480 e. The van der Waals surface area contributed by atoms with Crippen molar-refractivity contribution in [2.24, 2.45) is 0 Å². The van der Waals surface area contributed by atoms with Crippen molar-refractivity contribution in [1.29, 1.82) is 0 Å². The largest absolute Gasteiger partial charge is 0.480 e. The number of carboxylic acids is 1. The fourth-order valence-electron chi connectivity index (χ4n) is 0.952. The summed E-state index contributed by atoms with van der Waals surface area (Å²) in [5.74, 6) is -0.833. The summed E-state index contributed by atoms with van der Waals surface area (Å²) in [6.07, 6.45) is 0.881. The van der Waals surface area contributed by atoms with Crippen LogP contribution in [0, 0.1) is 0 Å². The summed E-state index contributed by atoms with van der Waals surface area (Å²) in [6.45, 7) is 3.68. The maximum absolute atomic E-state index is 10.7. The molecule has 0 aromatic carbocycles. The van der Waals surface area contributed by atoms with Gasteiger partial charge in [0.05, 0.1) is 5.69 Å². The molecule has 0 aliphatic rings. The molecule has 1 atom stereocenters. The highest BCUT2D eigenvalue weighted by molar-refractivity contribution is 7.13. The second kappa shape index (κ2) is 4.41. The van der Waals surface area contributed by atoms with Gasteiger partial charge < -0.3 is 10.0 Å². The SMILES string of the molecule is CCc1csc(N(C)C(C)C(=O)O)n1.